The van der Waals surface area contributed by atoms with Crippen molar-refractivity contribution < 1.29 is 19.4 Å². The van der Waals surface area contributed by atoms with Gasteiger partial charge in [0.2, 0.25) is 0 Å². The van der Waals surface area contributed by atoms with Crippen LogP contribution in [-0.4, -0.2) is 23.1 Å². The summed E-state index contributed by atoms with van der Waals surface area (Å²) in [6.45, 7) is 5.39. The molecule has 0 aliphatic carbocycles. The van der Waals surface area contributed by atoms with E-state index in [1.165, 1.54) is 0 Å². The van der Waals surface area contributed by atoms with Crippen LogP contribution in [-0.2, 0) is 4.79 Å². The second-order valence-corrected chi connectivity index (χ2v) is 5.80. The van der Waals surface area contributed by atoms with Crippen LogP contribution in [0.15, 0.2) is 48.5 Å². The Morgan fingerprint density at radius 1 is 1.04 bits per heavy atom. The van der Waals surface area contributed by atoms with Gasteiger partial charge in [-0.3, -0.25) is 9.59 Å². The van der Waals surface area contributed by atoms with Crippen LogP contribution in [0.2, 0.25) is 0 Å². The number of amides is 1. The monoisotopic (exact) mass is 327 g/mol. The third kappa shape index (κ3) is 4.35. The summed E-state index contributed by atoms with van der Waals surface area (Å²) in [7, 11) is 0. The minimum atomic E-state index is -0.908. The maximum Gasteiger partial charge on any atom is 0.310 e. The second kappa shape index (κ2) is 7.64. The van der Waals surface area contributed by atoms with Crippen molar-refractivity contribution in [2.24, 2.45) is 0 Å². The topological polar surface area (TPSA) is 75.6 Å². The lowest BCUT2D eigenvalue weighted by Gasteiger charge is -2.14. The lowest BCUT2D eigenvalue weighted by atomic mass is 10.0. The molecule has 5 heteroatoms. The highest BCUT2D eigenvalue weighted by atomic mass is 16.5. The number of ether oxygens (including phenoxy) is 1. The summed E-state index contributed by atoms with van der Waals surface area (Å²) >= 11 is 0. The van der Waals surface area contributed by atoms with Gasteiger partial charge in [-0.05, 0) is 50.6 Å². The number of nitrogens with one attached hydrogen (secondary N) is 1. The van der Waals surface area contributed by atoms with Gasteiger partial charge in [0.15, 0.2) is 0 Å². The van der Waals surface area contributed by atoms with E-state index in [0.29, 0.717) is 22.6 Å². The average molecular weight is 327 g/mol. The van der Waals surface area contributed by atoms with E-state index in [1.807, 2.05) is 19.9 Å². The standard InChI is InChI=1S/C19H21NO4/c1-12(2)24-17-10-5-4-9-16(17)18(21)20-15-8-6-7-14(11-15)13(3)19(22)23/h4-13H,1-3H3,(H,20,21)(H,22,23). The van der Waals surface area contributed by atoms with Crippen LogP contribution in [0.1, 0.15) is 42.6 Å². The Hall–Kier alpha value is -2.82. The van der Waals surface area contributed by atoms with Gasteiger partial charge in [0.05, 0.1) is 17.6 Å². The maximum absolute atomic E-state index is 12.5. The first kappa shape index (κ1) is 17.5. The second-order valence-electron chi connectivity index (χ2n) is 5.80. The highest BCUT2D eigenvalue weighted by Gasteiger charge is 2.16. The number of hydrogen-bond acceptors (Lipinski definition) is 3. The van der Waals surface area contributed by atoms with Crippen LogP contribution >= 0.6 is 0 Å². The average Bonchev–Trinajstić information content (AvgIpc) is 2.54. The Kier molecular flexibility index (Phi) is 5.58. The molecule has 2 rings (SSSR count). The van der Waals surface area contributed by atoms with E-state index >= 15 is 0 Å². The fourth-order valence-electron chi connectivity index (χ4n) is 2.24. The quantitative estimate of drug-likeness (QED) is 0.843. The Bertz CT molecular complexity index is 740. The Morgan fingerprint density at radius 3 is 2.42 bits per heavy atom. The van der Waals surface area contributed by atoms with Crippen LogP contribution in [0.3, 0.4) is 0 Å². The number of carbonyl (C=O) groups excluding carboxylic acids is 1. The molecule has 1 amide bonds. The third-order valence-corrected chi connectivity index (χ3v) is 3.51. The molecule has 0 bridgehead atoms. The van der Waals surface area contributed by atoms with E-state index in [0.717, 1.165) is 0 Å². The highest BCUT2D eigenvalue weighted by molar-refractivity contribution is 6.06. The molecule has 5 nitrogen and oxygen atoms in total. The molecule has 1 unspecified atom stereocenters. The Morgan fingerprint density at radius 2 is 1.75 bits per heavy atom. The summed E-state index contributed by atoms with van der Waals surface area (Å²) in [5.41, 5.74) is 1.61. The van der Waals surface area contributed by atoms with Gasteiger partial charge in [0.25, 0.3) is 5.91 Å². The molecule has 0 aromatic heterocycles. The van der Waals surface area contributed by atoms with Crippen molar-refractivity contribution in [3.63, 3.8) is 0 Å². The normalized spacial score (nSPS) is 11.8. The molecule has 0 spiro atoms. The molecule has 126 valence electrons. The predicted octanol–water partition coefficient (Wildman–Crippen LogP) is 3.91. The van der Waals surface area contributed by atoms with E-state index in [-0.39, 0.29) is 12.0 Å². The van der Waals surface area contributed by atoms with E-state index < -0.39 is 11.9 Å². The van der Waals surface area contributed by atoms with Gasteiger partial charge in [-0.15, -0.1) is 0 Å². The summed E-state index contributed by atoms with van der Waals surface area (Å²) < 4.78 is 5.66. The lowest BCUT2D eigenvalue weighted by molar-refractivity contribution is -0.138. The summed E-state index contributed by atoms with van der Waals surface area (Å²) in [5, 5.41) is 11.9. The van der Waals surface area contributed by atoms with Gasteiger partial charge in [-0.25, -0.2) is 0 Å². The van der Waals surface area contributed by atoms with Crippen LogP contribution < -0.4 is 10.1 Å². The number of carbonyl (C=O) groups is 2. The van der Waals surface area contributed by atoms with E-state index in [9.17, 15) is 9.59 Å². The highest BCUT2D eigenvalue weighted by Crippen LogP contribution is 2.23. The van der Waals surface area contributed by atoms with Crippen LogP contribution in [0, 0.1) is 0 Å². The Labute approximate surface area is 141 Å². The van der Waals surface area contributed by atoms with Crippen molar-refractivity contribution >= 4 is 17.6 Å². The van der Waals surface area contributed by atoms with Crippen molar-refractivity contribution in [3.8, 4) is 5.75 Å². The number of benzene rings is 2. The zero-order valence-electron chi connectivity index (χ0n) is 13.9. The van der Waals surface area contributed by atoms with Gasteiger partial charge in [-0.2, -0.15) is 0 Å². The van der Waals surface area contributed by atoms with Crippen molar-refractivity contribution in [1.29, 1.82) is 0 Å². The molecule has 1 atom stereocenters. The smallest absolute Gasteiger partial charge is 0.310 e. The van der Waals surface area contributed by atoms with Gasteiger partial charge in [-0.1, -0.05) is 24.3 Å². The first-order valence-corrected chi connectivity index (χ1v) is 7.78. The van der Waals surface area contributed by atoms with Crippen molar-refractivity contribution in [3.05, 3.63) is 59.7 Å². The van der Waals surface area contributed by atoms with Crippen molar-refractivity contribution in [2.45, 2.75) is 32.8 Å². The number of hydrogen-bond donors (Lipinski definition) is 2. The fraction of sp³-hybridized carbons (Fsp3) is 0.263. The maximum atomic E-state index is 12.5. The van der Waals surface area contributed by atoms with Gasteiger partial charge < -0.3 is 15.2 Å². The van der Waals surface area contributed by atoms with E-state index in [4.69, 9.17) is 9.84 Å². The SMILES string of the molecule is CC(C)Oc1ccccc1C(=O)Nc1cccc(C(C)C(=O)O)c1. The van der Waals surface area contributed by atoms with Crippen molar-refractivity contribution in [2.75, 3.05) is 5.32 Å². The largest absolute Gasteiger partial charge is 0.490 e. The number of para-hydroxylation sites is 1. The van der Waals surface area contributed by atoms with Crippen LogP contribution in [0.5, 0.6) is 5.75 Å². The third-order valence-electron chi connectivity index (χ3n) is 3.51. The zero-order chi connectivity index (χ0) is 17.7. The first-order valence-electron chi connectivity index (χ1n) is 7.78. The molecular formula is C19H21NO4. The molecule has 0 radical (unpaired) electrons. The van der Waals surface area contributed by atoms with Gasteiger partial charge >= 0.3 is 5.97 Å². The number of anilines is 1. The summed E-state index contributed by atoms with van der Waals surface area (Å²) in [6, 6.07) is 13.9. The lowest BCUT2D eigenvalue weighted by Crippen LogP contribution is -2.16. The molecule has 0 saturated heterocycles. The molecule has 0 aliphatic heterocycles. The van der Waals surface area contributed by atoms with E-state index in [1.54, 1.807) is 49.4 Å². The molecular weight excluding hydrogens is 306 g/mol. The summed E-state index contributed by atoms with van der Waals surface area (Å²) in [6.07, 6.45) is -0.0429. The Balaban J connectivity index is 2.22. The van der Waals surface area contributed by atoms with Gasteiger partial charge in [0, 0.05) is 5.69 Å². The zero-order valence-corrected chi connectivity index (χ0v) is 13.9. The minimum Gasteiger partial charge on any atom is -0.490 e. The summed E-state index contributed by atoms with van der Waals surface area (Å²) in [5.74, 6) is -1.33. The predicted molar refractivity (Wildman–Crippen MR) is 92.7 cm³/mol. The number of aliphatic carboxylic acids is 1. The van der Waals surface area contributed by atoms with Crippen molar-refractivity contribution in [1.82, 2.24) is 0 Å². The number of carboxylic acid groups (broad SMARTS) is 1. The molecule has 0 heterocycles. The molecule has 2 aromatic rings. The fourth-order valence-corrected chi connectivity index (χ4v) is 2.24. The summed E-state index contributed by atoms with van der Waals surface area (Å²) in [4.78, 5) is 23.6. The molecule has 0 aliphatic rings. The minimum absolute atomic E-state index is 0.0429. The molecule has 2 N–H and O–H groups in total. The molecule has 2 aromatic carbocycles. The molecule has 0 fully saturated rings. The van der Waals surface area contributed by atoms with Gasteiger partial charge in [0.1, 0.15) is 5.75 Å². The number of carboxylic acids is 1. The number of rotatable bonds is 6. The molecule has 24 heavy (non-hydrogen) atoms. The van der Waals surface area contributed by atoms with Crippen LogP contribution in [0.25, 0.3) is 0 Å². The van der Waals surface area contributed by atoms with E-state index in [2.05, 4.69) is 5.32 Å². The first-order chi connectivity index (χ1) is 11.4. The van der Waals surface area contributed by atoms with Crippen LogP contribution in [0.4, 0.5) is 5.69 Å². The molecule has 0 saturated carbocycles.